The van der Waals surface area contributed by atoms with Crippen LogP contribution in [-0.4, -0.2) is 27.0 Å². The molecule has 2 rings (SSSR count). The van der Waals surface area contributed by atoms with Crippen LogP contribution >= 0.6 is 0 Å². The Labute approximate surface area is 112 Å². The molecule has 2 aromatic rings. The molecule has 1 aromatic heterocycles. The van der Waals surface area contributed by atoms with E-state index in [0.717, 1.165) is 12.4 Å². The third-order valence-corrected chi connectivity index (χ3v) is 3.41. The Morgan fingerprint density at radius 3 is 2.60 bits per heavy atom. The topological polar surface area (TPSA) is 55.1 Å². The quantitative estimate of drug-likeness (QED) is 0.943. The Balaban J connectivity index is 2.49. The molecule has 0 aliphatic heterocycles. The first-order chi connectivity index (χ1) is 9.21. The number of nitrogens with zero attached hydrogens (tertiary/aromatic N) is 2. The Hall–Kier alpha value is -2.05. The van der Waals surface area contributed by atoms with Gasteiger partial charge in [0.2, 0.25) is 0 Å². The number of alkyl halides is 3. The number of fused-ring (bicyclic) bond motifs is 1. The van der Waals surface area contributed by atoms with Gasteiger partial charge in [0.1, 0.15) is 0 Å². The van der Waals surface area contributed by atoms with E-state index < -0.39 is 24.0 Å². The van der Waals surface area contributed by atoms with Gasteiger partial charge in [0.15, 0.2) is 0 Å². The summed E-state index contributed by atoms with van der Waals surface area (Å²) < 4.78 is 39.9. The van der Waals surface area contributed by atoms with Crippen LogP contribution in [0.4, 0.5) is 13.2 Å². The van der Waals surface area contributed by atoms with E-state index >= 15 is 0 Å². The minimum absolute atomic E-state index is 0.128. The van der Waals surface area contributed by atoms with Crippen LogP contribution < -0.4 is 0 Å². The summed E-state index contributed by atoms with van der Waals surface area (Å²) >= 11 is 0. The van der Waals surface area contributed by atoms with Gasteiger partial charge in [0, 0.05) is 12.4 Å². The van der Waals surface area contributed by atoms with Gasteiger partial charge in [-0.3, -0.25) is 9.48 Å². The molecule has 1 N–H and O–H groups in total. The molecular weight excluding hydrogens is 273 g/mol. The maximum absolute atomic E-state index is 12.8. The molecule has 0 saturated heterocycles. The molecule has 1 aromatic carbocycles. The second kappa shape index (κ2) is 4.81. The van der Waals surface area contributed by atoms with Crippen molar-refractivity contribution in [2.45, 2.75) is 19.0 Å². The van der Waals surface area contributed by atoms with Gasteiger partial charge in [-0.15, -0.1) is 0 Å². The third kappa shape index (κ3) is 2.48. The van der Waals surface area contributed by atoms with E-state index in [9.17, 15) is 18.0 Å². The van der Waals surface area contributed by atoms with Crippen molar-refractivity contribution in [2.75, 3.05) is 0 Å². The van der Waals surface area contributed by atoms with Gasteiger partial charge in [-0.1, -0.05) is 13.0 Å². The van der Waals surface area contributed by atoms with Crippen LogP contribution in [0.5, 0.6) is 0 Å². The van der Waals surface area contributed by atoms with Crippen molar-refractivity contribution >= 4 is 16.9 Å². The standard InChI is InChI=1S/C13H13F3N2O2/c1-7(13(14,15)16)11(12(19)20)8-3-4-10-9(5-8)6-17-18(10)2/h3-7,11H,1-2H3,(H,19,20)/t7-,11?/m1/s1. The number of hydrogen-bond acceptors (Lipinski definition) is 2. The van der Waals surface area contributed by atoms with Gasteiger partial charge in [0.25, 0.3) is 0 Å². The van der Waals surface area contributed by atoms with Crippen LogP contribution in [0.3, 0.4) is 0 Å². The smallest absolute Gasteiger partial charge is 0.392 e. The fourth-order valence-electron chi connectivity index (χ4n) is 2.21. The Kier molecular flexibility index (Phi) is 3.45. The van der Waals surface area contributed by atoms with Crippen molar-refractivity contribution in [3.63, 3.8) is 0 Å². The van der Waals surface area contributed by atoms with Gasteiger partial charge < -0.3 is 5.11 Å². The zero-order valence-corrected chi connectivity index (χ0v) is 10.8. The van der Waals surface area contributed by atoms with E-state index in [4.69, 9.17) is 5.11 Å². The van der Waals surface area contributed by atoms with Crippen molar-refractivity contribution in [3.8, 4) is 0 Å². The first-order valence-electron chi connectivity index (χ1n) is 5.93. The lowest BCUT2D eigenvalue weighted by Crippen LogP contribution is -2.31. The number of aromatic nitrogens is 2. The summed E-state index contributed by atoms with van der Waals surface area (Å²) in [6.07, 6.45) is -3.07. The minimum Gasteiger partial charge on any atom is -0.481 e. The zero-order chi connectivity index (χ0) is 15.1. The predicted octanol–water partition coefficient (Wildman–Crippen LogP) is 2.94. The van der Waals surface area contributed by atoms with Crippen LogP contribution in [0.25, 0.3) is 10.9 Å². The van der Waals surface area contributed by atoms with Crippen LogP contribution in [-0.2, 0) is 11.8 Å². The van der Waals surface area contributed by atoms with E-state index in [0.29, 0.717) is 5.39 Å². The number of carboxylic acid groups (broad SMARTS) is 1. The highest BCUT2D eigenvalue weighted by Gasteiger charge is 2.45. The number of benzene rings is 1. The molecule has 0 amide bonds. The monoisotopic (exact) mass is 286 g/mol. The molecule has 0 saturated carbocycles. The molecule has 0 spiro atoms. The maximum Gasteiger partial charge on any atom is 0.392 e. The molecule has 1 heterocycles. The van der Waals surface area contributed by atoms with Gasteiger partial charge in [-0.05, 0) is 17.7 Å². The van der Waals surface area contributed by atoms with Crippen LogP contribution in [0, 0.1) is 5.92 Å². The number of hydrogen-bond donors (Lipinski definition) is 1. The molecule has 20 heavy (non-hydrogen) atoms. The number of carbonyl (C=O) groups is 1. The lowest BCUT2D eigenvalue weighted by Gasteiger charge is -2.23. The first-order valence-corrected chi connectivity index (χ1v) is 5.93. The molecule has 0 fully saturated rings. The summed E-state index contributed by atoms with van der Waals surface area (Å²) in [6, 6.07) is 4.44. The number of halogens is 3. The van der Waals surface area contributed by atoms with E-state index in [1.54, 1.807) is 17.8 Å². The molecule has 108 valence electrons. The summed E-state index contributed by atoms with van der Waals surface area (Å²) in [6.45, 7) is 0.881. The highest BCUT2D eigenvalue weighted by atomic mass is 19.4. The Bertz CT molecular complexity index is 649. The van der Waals surface area contributed by atoms with Gasteiger partial charge in [-0.2, -0.15) is 18.3 Å². The summed E-state index contributed by atoms with van der Waals surface area (Å²) in [5.74, 6) is -5.08. The van der Waals surface area contributed by atoms with Crippen LogP contribution in [0.2, 0.25) is 0 Å². The van der Waals surface area contributed by atoms with Gasteiger partial charge in [-0.25, -0.2) is 0 Å². The molecule has 7 heteroatoms. The highest BCUT2D eigenvalue weighted by Crippen LogP contribution is 2.38. The predicted molar refractivity (Wildman–Crippen MR) is 66.3 cm³/mol. The highest BCUT2D eigenvalue weighted by molar-refractivity contribution is 5.83. The third-order valence-electron chi connectivity index (χ3n) is 3.41. The zero-order valence-electron chi connectivity index (χ0n) is 10.8. The molecular formula is C13H13F3N2O2. The number of aryl methyl sites for hydroxylation is 1. The van der Waals surface area contributed by atoms with E-state index in [1.807, 2.05) is 0 Å². The Morgan fingerprint density at radius 1 is 1.40 bits per heavy atom. The maximum atomic E-state index is 12.8. The van der Waals surface area contributed by atoms with E-state index in [-0.39, 0.29) is 5.56 Å². The van der Waals surface area contributed by atoms with Crippen molar-refractivity contribution in [3.05, 3.63) is 30.0 Å². The normalized spacial score (nSPS) is 15.2. The Morgan fingerprint density at radius 2 is 2.05 bits per heavy atom. The van der Waals surface area contributed by atoms with Crippen molar-refractivity contribution in [2.24, 2.45) is 13.0 Å². The van der Waals surface area contributed by atoms with Crippen LogP contribution in [0.15, 0.2) is 24.4 Å². The average Bonchev–Trinajstić information content (AvgIpc) is 2.69. The molecule has 0 bridgehead atoms. The average molecular weight is 286 g/mol. The van der Waals surface area contributed by atoms with Crippen LogP contribution in [0.1, 0.15) is 18.4 Å². The molecule has 0 radical (unpaired) electrons. The number of rotatable bonds is 3. The summed E-state index contributed by atoms with van der Waals surface area (Å²) in [5, 5.41) is 13.7. The largest absolute Gasteiger partial charge is 0.481 e. The lowest BCUT2D eigenvalue weighted by atomic mass is 9.86. The van der Waals surface area contributed by atoms with Gasteiger partial charge in [0.05, 0.1) is 23.5 Å². The molecule has 0 aliphatic carbocycles. The summed E-state index contributed by atoms with van der Waals surface area (Å²) in [5.41, 5.74) is 0.861. The summed E-state index contributed by atoms with van der Waals surface area (Å²) in [4.78, 5) is 11.2. The molecule has 0 aliphatic rings. The SMILES string of the molecule is C[C@H](C(C(=O)O)c1ccc2c(cnn2C)c1)C(F)(F)F. The fourth-order valence-corrected chi connectivity index (χ4v) is 2.21. The van der Waals surface area contributed by atoms with Crippen molar-refractivity contribution < 1.29 is 23.1 Å². The van der Waals surface area contributed by atoms with Crippen molar-refractivity contribution in [1.29, 1.82) is 0 Å². The van der Waals surface area contributed by atoms with E-state index in [2.05, 4.69) is 5.10 Å². The number of carboxylic acids is 1. The van der Waals surface area contributed by atoms with Crippen molar-refractivity contribution in [1.82, 2.24) is 9.78 Å². The summed E-state index contributed by atoms with van der Waals surface area (Å²) in [7, 11) is 1.70. The van der Waals surface area contributed by atoms with E-state index in [1.165, 1.54) is 18.3 Å². The second-order valence-electron chi connectivity index (χ2n) is 4.73. The minimum atomic E-state index is -4.56. The van der Waals surface area contributed by atoms with Gasteiger partial charge >= 0.3 is 12.1 Å². The lowest BCUT2D eigenvalue weighted by molar-refractivity contribution is -0.183. The molecule has 2 atom stereocenters. The number of aliphatic carboxylic acids is 1. The molecule has 1 unspecified atom stereocenters. The first kappa shape index (κ1) is 14.4. The fraction of sp³-hybridized carbons (Fsp3) is 0.385. The second-order valence-corrected chi connectivity index (χ2v) is 4.73. The molecule has 4 nitrogen and oxygen atoms in total.